The highest BCUT2D eigenvalue weighted by Gasteiger charge is 2.67. The van der Waals surface area contributed by atoms with Crippen molar-refractivity contribution in [1.29, 1.82) is 0 Å². The van der Waals surface area contributed by atoms with E-state index in [1.165, 1.54) is 13.8 Å². The van der Waals surface area contributed by atoms with Gasteiger partial charge in [-0.2, -0.15) is 0 Å². The predicted octanol–water partition coefficient (Wildman–Crippen LogP) is 0.855. The topological polar surface area (TPSA) is 78.4 Å². The van der Waals surface area contributed by atoms with Gasteiger partial charge in [0.25, 0.3) is 0 Å². The molecule has 4 aliphatic carbocycles. The molecule has 0 aromatic heterocycles. The van der Waals surface area contributed by atoms with Gasteiger partial charge in [-0.3, -0.25) is 9.59 Å². The quantitative estimate of drug-likeness (QED) is 0.702. The first kappa shape index (κ1) is 13.9. The molecule has 4 rings (SSSR count). The Hall–Kier alpha value is -1.10. The summed E-state index contributed by atoms with van der Waals surface area (Å²) in [5, 5.41) is 17.1. The molecular formula is C15H24N2O3. The molecule has 3 N–H and O–H groups in total. The van der Waals surface area contributed by atoms with Crippen molar-refractivity contribution in [3.63, 3.8) is 0 Å². The van der Waals surface area contributed by atoms with E-state index in [1.807, 2.05) is 0 Å². The molecule has 20 heavy (non-hydrogen) atoms. The molecule has 4 fully saturated rings. The molecule has 0 aromatic rings. The lowest BCUT2D eigenvalue weighted by Gasteiger charge is -2.68. The van der Waals surface area contributed by atoms with Crippen molar-refractivity contribution in [2.75, 3.05) is 0 Å². The maximum atomic E-state index is 11.6. The second-order valence-corrected chi connectivity index (χ2v) is 8.02. The Labute approximate surface area is 119 Å². The number of carbonyl (C=O) groups excluding carboxylic acids is 2. The molecule has 0 aromatic carbocycles. The Bertz CT molecular complexity index is 432. The number of hydrogen-bond acceptors (Lipinski definition) is 3. The van der Waals surface area contributed by atoms with Crippen LogP contribution in [0.25, 0.3) is 0 Å². The lowest BCUT2D eigenvalue weighted by atomic mass is 9.43. The molecule has 112 valence electrons. The minimum atomic E-state index is -0.769. The van der Waals surface area contributed by atoms with Crippen molar-refractivity contribution in [2.45, 2.75) is 76.0 Å². The van der Waals surface area contributed by atoms with Crippen LogP contribution in [0.5, 0.6) is 0 Å². The van der Waals surface area contributed by atoms with E-state index in [9.17, 15) is 14.7 Å². The van der Waals surface area contributed by atoms with Gasteiger partial charge in [-0.1, -0.05) is 6.92 Å². The monoisotopic (exact) mass is 280 g/mol. The van der Waals surface area contributed by atoms with Crippen LogP contribution in [0.15, 0.2) is 0 Å². The smallest absolute Gasteiger partial charge is 0.217 e. The SMILES string of the molecule is CC(=O)NC12CC3(C)CC(O)(C1)CC(NC(C)=O)(C3)C2. The van der Waals surface area contributed by atoms with Gasteiger partial charge in [0.05, 0.1) is 5.60 Å². The first-order valence-corrected chi connectivity index (χ1v) is 7.37. The largest absolute Gasteiger partial charge is 0.390 e. The molecule has 2 amide bonds. The van der Waals surface area contributed by atoms with E-state index >= 15 is 0 Å². The molecule has 4 saturated carbocycles. The van der Waals surface area contributed by atoms with Gasteiger partial charge in [0.1, 0.15) is 0 Å². The summed E-state index contributed by atoms with van der Waals surface area (Å²) in [6.45, 7) is 5.22. The molecule has 2 unspecified atom stereocenters. The summed E-state index contributed by atoms with van der Waals surface area (Å²) in [4.78, 5) is 23.2. The molecule has 4 aliphatic rings. The Morgan fingerprint density at radius 2 is 1.30 bits per heavy atom. The van der Waals surface area contributed by atoms with Gasteiger partial charge < -0.3 is 15.7 Å². The summed E-state index contributed by atoms with van der Waals surface area (Å²) in [5.41, 5.74) is -1.53. The van der Waals surface area contributed by atoms with Crippen LogP contribution in [0.4, 0.5) is 0 Å². The third-order valence-corrected chi connectivity index (χ3v) is 5.18. The summed E-state index contributed by atoms with van der Waals surface area (Å²) in [5.74, 6) is -0.116. The van der Waals surface area contributed by atoms with Crippen LogP contribution in [0.2, 0.25) is 0 Å². The van der Waals surface area contributed by atoms with Crippen molar-refractivity contribution in [2.24, 2.45) is 5.41 Å². The molecule has 0 radical (unpaired) electrons. The van der Waals surface area contributed by atoms with Gasteiger partial charge in [-0.25, -0.2) is 0 Å². The highest BCUT2D eigenvalue weighted by atomic mass is 16.3. The van der Waals surface area contributed by atoms with Gasteiger partial charge in [-0.05, 0) is 43.9 Å². The van der Waals surface area contributed by atoms with Crippen LogP contribution in [0, 0.1) is 5.41 Å². The fraction of sp³-hybridized carbons (Fsp3) is 0.867. The molecule has 0 aliphatic heterocycles. The standard InChI is InChI=1S/C15H24N2O3/c1-10(18)16-13-4-12(3)5-14(7-13,17-11(2)19)9-15(20,6-12)8-13/h20H,4-9H2,1-3H3,(H,16,18)(H,17,19). The average molecular weight is 280 g/mol. The summed E-state index contributed by atoms with van der Waals surface area (Å²) in [7, 11) is 0. The minimum Gasteiger partial charge on any atom is -0.390 e. The van der Waals surface area contributed by atoms with E-state index in [4.69, 9.17) is 0 Å². The molecule has 5 heteroatoms. The Morgan fingerprint density at radius 1 is 0.850 bits per heavy atom. The molecule has 0 spiro atoms. The number of aliphatic hydroxyl groups is 1. The average Bonchev–Trinajstić information content (AvgIpc) is 2.03. The van der Waals surface area contributed by atoms with Crippen molar-refractivity contribution in [3.05, 3.63) is 0 Å². The Kier molecular flexibility index (Phi) is 2.60. The number of rotatable bonds is 2. The van der Waals surface area contributed by atoms with Gasteiger partial charge in [0.2, 0.25) is 11.8 Å². The zero-order valence-electron chi connectivity index (χ0n) is 12.5. The molecule has 5 nitrogen and oxygen atoms in total. The van der Waals surface area contributed by atoms with E-state index in [-0.39, 0.29) is 28.3 Å². The lowest BCUT2D eigenvalue weighted by Crippen LogP contribution is -2.76. The molecule has 0 heterocycles. The highest BCUT2D eigenvalue weighted by Crippen LogP contribution is 2.64. The second kappa shape index (κ2) is 3.75. The van der Waals surface area contributed by atoms with E-state index in [0.29, 0.717) is 12.8 Å². The second-order valence-electron chi connectivity index (χ2n) is 8.02. The normalized spacial score (nSPS) is 49.0. The van der Waals surface area contributed by atoms with Crippen LogP contribution >= 0.6 is 0 Å². The summed E-state index contributed by atoms with van der Waals surface area (Å²) >= 11 is 0. The Morgan fingerprint density at radius 3 is 1.65 bits per heavy atom. The number of nitrogens with one attached hydrogen (secondary N) is 2. The number of amides is 2. The van der Waals surface area contributed by atoms with E-state index in [2.05, 4.69) is 17.6 Å². The summed E-state index contributed by atoms with van der Waals surface area (Å²) < 4.78 is 0. The first-order chi connectivity index (χ1) is 9.08. The molecule has 4 bridgehead atoms. The maximum Gasteiger partial charge on any atom is 0.217 e. The number of hydrogen-bond donors (Lipinski definition) is 3. The van der Waals surface area contributed by atoms with Gasteiger partial charge in [0, 0.05) is 24.9 Å². The van der Waals surface area contributed by atoms with Crippen LogP contribution in [-0.4, -0.2) is 33.6 Å². The Balaban J connectivity index is 2.00. The lowest BCUT2D eigenvalue weighted by molar-refractivity contribution is -0.191. The van der Waals surface area contributed by atoms with Gasteiger partial charge in [0.15, 0.2) is 0 Å². The zero-order chi connectivity index (χ0) is 14.8. The number of carbonyl (C=O) groups is 2. The van der Waals surface area contributed by atoms with Crippen LogP contribution in [0.3, 0.4) is 0 Å². The van der Waals surface area contributed by atoms with Crippen LogP contribution in [-0.2, 0) is 9.59 Å². The summed E-state index contributed by atoms with van der Waals surface area (Å²) in [6.07, 6.45) is 4.50. The minimum absolute atomic E-state index is 0.0194. The molecule has 2 atom stereocenters. The van der Waals surface area contributed by atoms with Crippen molar-refractivity contribution in [3.8, 4) is 0 Å². The van der Waals surface area contributed by atoms with E-state index in [1.54, 1.807) is 0 Å². The van der Waals surface area contributed by atoms with Crippen LogP contribution < -0.4 is 10.6 Å². The van der Waals surface area contributed by atoms with E-state index < -0.39 is 5.60 Å². The molecule has 0 saturated heterocycles. The van der Waals surface area contributed by atoms with Crippen molar-refractivity contribution < 1.29 is 14.7 Å². The van der Waals surface area contributed by atoms with Crippen LogP contribution in [0.1, 0.15) is 59.3 Å². The third-order valence-electron chi connectivity index (χ3n) is 5.18. The summed E-state index contributed by atoms with van der Waals surface area (Å²) in [6, 6.07) is 0. The fourth-order valence-electron chi connectivity index (χ4n) is 6.10. The zero-order valence-corrected chi connectivity index (χ0v) is 12.5. The maximum absolute atomic E-state index is 11.6. The molecular weight excluding hydrogens is 256 g/mol. The predicted molar refractivity (Wildman–Crippen MR) is 73.9 cm³/mol. The van der Waals surface area contributed by atoms with Gasteiger partial charge >= 0.3 is 0 Å². The van der Waals surface area contributed by atoms with E-state index in [0.717, 1.165) is 25.7 Å². The first-order valence-electron chi connectivity index (χ1n) is 7.37. The highest BCUT2D eigenvalue weighted by molar-refractivity contribution is 5.75. The van der Waals surface area contributed by atoms with Crippen molar-refractivity contribution in [1.82, 2.24) is 10.6 Å². The van der Waals surface area contributed by atoms with Crippen molar-refractivity contribution >= 4 is 11.8 Å². The third kappa shape index (κ3) is 2.12. The fourth-order valence-corrected chi connectivity index (χ4v) is 6.10. The van der Waals surface area contributed by atoms with Gasteiger partial charge in [-0.15, -0.1) is 0 Å².